The van der Waals surface area contributed by atoms with Gasteiger partial charge in [0.25, 0.3) is 5.91 Å². The minimum Gasteiger partial charge on any atom is -0.481 e. The molecule has 6 nitrogen and oxygen atoms in total. The number of thioether (sulfide) groups is 1. The van der Waals surface area contributed by atoms with Crippen molar-refractivity contribution in [2.75, 3.05) is 31.1 Å². The molecule has 3 aliphatic rings. The average molecular weight is 553 g/mol. The van der Waals surface area contributed by atoms with Crippen LogP contribution in [0.4, 0.5) is 10.1 Å². The van der Waals surface area contributed by atoms with E-state index in [-0.39, 0.29) is 47.5 Å². The van der Waals surface area contributed by atoms with Crippen molar-refractivity contribution in [3.63, 3.8) is 0 Å². The lowest BCUT2D eigenvalue weighted by molar-refractivity contribution is -0.121. The first-order valence-corrected chi connectivity index (χ1v) is 11.5. The summed E-state index contributed by atoms with van der Waals surface area (Å²) in [5.41, 5.74) is 2.85. The molecular weight excluding hydrogens is 533 g/mol. The van der Waals surface area contributed by atoms with Gasteiger partial charge in [-0.05, 0) is 42.8 Å². The molecule has 3 heterocycles. The molecule has 5 rings (SSSR count). The van der Waals surface area contributed by atoms with Crippen molar-refractivity contribution in [1.82, 2.24) is 4.90 Å². The molecule has 3 aliphatic heterocycles. The SMILES string of the molecule is Br.O=C(CCCN1C(=O)COc2c(C3=CSC4=NCCN34)cc(Cl)cc21)c1ccc(F)cc1. The number of nitrogens with zero attached hydrogens (tertiary/aromatic N) is 3. The molecule has 0 saturated heterocycles. The first-order valence-electron chi connectivity index (χ1n) is 10.3. The predicted molar refractivity (Wildman–Crippen MR) is 134 cm³/mol. The van der Waals surface area contributed by atoms with Gasteiger partial charge in [-0.15, -0.1) is 17.0 Å². The third-order valence-electron chi connectivity index (χ3n) is 5.56. The number of halogens is 3. The minimum absolute atomic E-state index is 0. The van der Waals surface area contributed by atoms with Gasteiger partial charge in [0, 0.05) is 41.1 Å². The summed E-state index contributed by atoms with van der Waals surface area (Å²) in [6.45, 7) is 1.82. The van der Waals surface area contributed by atoms with Gasteiger partial charge in [0.1, 0.15) is 5.82 Å². The largest absolute Gasteiger partial charge is 0.481 e. The number of ketones is 1. The summed E-state index contributed by atoms with van der Waals surface area (Å²) in [5, 5.41) is 3.48. The monoisotopic (exact) mass is 551 g/mol. The summed E-state index contributed by atoms with van der Waals surface area (Å²) in [5.74, 6) is -0.0448. The van der Waals surface area contributed by atoms with E-state index in [1.807, 2.05) is 11.5 Å². The van der Waals surface area contributed by atoms with Crippen molar-refractivity contribution in [1.29, 1.82) is 0 Å². The van der Waals surface area contributed by atoms with Crippen LogP contribution in [-0.4, -0.2) is 48.0 Å². The molecule has 0 aliphatic carbocycles. The van der Waals surface area contributed by atoms with E-state index in [0.29, 0.717) is 35.0 Å². The summed E-state index contributed by atoms with van der Waals surface area (Å²) >= 11 is 8.00. The quantitative estimate of drug-likeness (QED) is 0.463. The molecule has 0 saturated carbocycles. The average Bonchev–Trinajstić information content (AvgIpc) is 3.39. The molecule has 10 heteroatoms. The first kappa shape index (κ1) is 23.8. The molecule has 2 aromatic carbocycles. The highest BCUT2D eigenvalue weighted by Crippen LogP contribution is 2.45. The van der Waals surface area contributed by atoms with E-state index in [0.717, 1.165) is 29.5 Å². The van der Waals surface area contributed by atoms with Gasteiger partial charge in [0.15, 0.2) is 23.3 Å². The Morgan fingerprint density at radius 3 is 2.82 bits per heavy atom. The van der Waals surface area contributed by atoms with Crippen molar-refractivity contribution in [2.24, 2.45) is 4.99 Å². The first-order chi connectivity index (χ1) is 15.5. The Bertz CT molecular complexity index is 1170. The van der Waals surface area contributed by atoms with E-state index in [2.05, 4.69) is 9.89 Å². The van der Waals surface area contributed by atoms with Crippen LogP contribution in [0.15, 0.2) is 46.8 Å². The minimum atomic E-state index is -0.382. The molecule has 1 amide bonds. The summed E-state index contributed by atoms with van der Waals surface area (Å²) in [6, 6.07) is 9.06. The summed E-state index contributed by atoms with van der Waals surface area (Å²) in [7, 11) is 0. The van der Waals surface area contributed by atoms with Crippen molar-refractivity contribution in [3.8, 4) is 5.75 Å². The zero-order valence-corrected chi connectivity index (χ0v) is 20.7. The van der Waals surface area contributed by atoms with Crippen LogP contribution in [0.25, 0.3) is 5.70 Å². The number of fused-ring (bicyclic) bond motifs is 2. The van der Waals surface area contributed by atoms with E-state index >= 15 is 0 Å². The van der Waals surface area contributed by atoms with Gasteiger partial charge in [-0.3, -0.25) is 14.6 Å². The lowest BCUT2D eigenvalue weighted by atomic mass is 10.0. The van der Waals surface area contributed by atoms with Gasteiger partial charge in [0.2, 0.25) is 0 Å². The summed E-state index contributed by atoms with van der Waals surface area (Å²) < 4.78 is 18.9. The zero-order valence-electron chi connectivity index (χ0n) is 17.4. The van der Waals surface area contributed by atoms with Crippen LogP contribution in [0, 0.1) is 5.82 Å². The van der Waals surface area contributed by atoms with Gasteiger partial charge < -0.3 is 14.5 Å². The van der Waals surface area contributed by atoms with E-state index < -0.39 is 0 Å². The van der Waals surface area contributed by atoms with Crippen LogP contribution < -0.4 is 9.64 Å². The fourth-order valence-electron chi connectivity index (χ4n) is 4.02. The predicted octanol–water partition coefficient (Wildman–Crippen LogP) is 5.16. The van der Waals surface area contributed by atoms with Crippen LogP contribution in [0.5, 0.6) is 5.75 Å². The molecule has 172 valence electrons. The molecule has 0 unspecified atom stereocenters. The Hall–Kier alpha value is -2.36. The maximum absolute atomic E-state index is 13.1. The van der Waals surface area contributed by atoms with Gasteiger partial charge in [-0.25, -0.2) is 4.39 Å². The fourth-order valence-corrected chi connectivity index (χ4v) is 5.19. The fraction of sp³-hybridized carbons (Fsp3) is 0.261. The smallest absolute Gasteiger partial charge is 0.265 e. The number of anilines is 1. The maximum atomic E-state index is 13.1. The Morgan fingerprint density at radius 2 is 2.03 bits per heavy atom. The Kier molecular flexibility index (Phi) is 7.11. The lowest BCUT2D eigenvalue weighted by Gasteiger charge is -2.32. The molecule has 0 fully saturated rings. The second kappa shape index (κ2) is 9.87. The second-order valence-electron chi connectivity index (χ2n) is 7.61. The van der Waals surface area contributed by atoms with Gasteiger partial charge in [-0.1, -0.05) is 23.4 Å². The van der Waals surface area contributed by atoms with E-state index in [9.17, 15) is 14.0 Å². The van der Waals surface area contributed by atoms with Crippen molar-refractivity contribution in [3.05, 3.63) is 63.8 Å². The zero-order chi connectivity index (χ0) is 22.2. The molecule has 2 aromatic rings. The van der Waals surface area contributed by atoms with E-state index in [4.69, 9.17) is 16.3 Å². The molecular formula is C23H20BrClFN3O3S. The number of amidine groups is 1. The van der Waals surface area contributed by atoms with E-state index in [1.165, 1.54) is 24.3 Å². The van der Waals surface area contributed by atoms with Gasteiger partial charge >= 0.3 is 0 Å². The number of amides is 1. The number of hydrogen-bond acceptors (Lipinski definition) is 6. The third-order valence-corrected chi connectivity index (χ3v) is 6.68. The van der Waals surface area contributed by atoms with Crippen LogP contribution in [0.3, 0.4) is 0 Å². The van der Waals surface area contributed by atoms with Crippen molar-refractivity contribution >= 4 is 68.6 Å². The highest BCUT2D eigenvalue weighted by Gasteiger charge is 2.34. The standard InChI is InChI=1S/C23H19ClFN3O3S.BrH/c24-15-10-17(19-13-32-23-26-7-9-28(19)23)22-18(11-15)27(21(30)12-31-22)8-1-2-20(29)14-3-5-16(25)6-4-14;/h3-6,10-11,13H,1-2,7-9,12H2;1H. The van der Waals surface area contributed by atoms with Crippen molar-refractivity contribution in [2.45, 2.75) is 12.8 Å². The number of benzene rings is 2. The highest BCUT2D eigenvalue weighted by atomic mass is 79.9. The maximum Gasteiger partial charge on any atom is 0.265 e. The van der Waals surface area contributed by atoms with Crippen molar-refractivity contribution < 1.29 is 18.7 Å². The molecule has 0 aromatic heterocycles. The molecule has 0 N–H and O–H groups in total. The summed E-state index contributed by atoms with van der Waals surface area (Å²) in [6.07, 6.45) is 0.707. The number of carbonyl (C=O) groups excluding carboxylic acids is 2. The molecule has 33 heavy (non-hydrogen) atoms. The Balaban J connectivity index is 0.00000259. The number of ether oxygens (including phenoxy) is 1. The number of Topliss-reactive ketones (excluding diaryl/α,β-unsaturated/α-hetero) is 1. The number of aliphatic imine (C=N–C) groups is 1. The summed E-state index contributed by atoms with van der Waals surface area (Å²) in [4.78, 5) is 33.3. The molecule has 0 spiro atoms. The van der Waals surface area contributed by atoms with Crippen LogP contribution in [0.1, 0.15) is 28.8 Å². The Labute approximate surface area is 210 Å². The highest BCUT2D eigenvalue weighted by molar-refractivity contribution is 8.93. The third kappa shape index (κ3) is 4.67. The topological polar surface area (TPSA) is 62.2 Å². The van der Waals surface area contributed by atoms with E-state index in [1.54, 1.807) is 22.7 Å². The van der Waals surface area contributed by atoms with Crippen LogP contribution in [-0.2, 0) is 4.79 Å². The number of hydrogen-bond donors (Lipinski definition) is 0. The molecule has 0 bridgehead atoms. The van der Waals surface area contributed by atoms with Gasteiger partial charge in [0.05, 0.1) is 17.9 Å². The van der Waals surface area contributed by atoms with Crippen LogP contribution in [0.2, 0.25) is 5.02 Å². The number of rotatable bonds is 6. The Morgan fingerprint density at radius 1 is 1.24 bits per heavy atom. The molecule has 0 atom stereocenters. The molecule has 0 radical (unpaired) electrons. The lowest BCUT2D eigenvalue weighted by Crippen LogP contribution is -2.40. The number of carbonyl (C=O) groups is 2. The van der Waals surface area contributed by atoms with Crippen LogP contribution >= 0.6 is 40.3 Å². The normalized spacial score (nSPS) is 16.5. The van der Waals surface area contributed by atoms with Gasteiger partial charge in [-0.2, -0.15) is 0 Å². The second-order valence-corrected chi connectivity index (χ2v) is 8.88.